The van der Waals surface area contributed by atoms with Crippen LogP contribution in [-0.2, 0) is 11.3 Å². The largest absolute Gasteiger partial charge is 0.489 e. The molecule has 2 aromatic rings. The van der Waals surface area contributed by atoms with Gasteiger partial charge in [-0.3, -0.25) is 9.69 Å². The normalized spacial score (nSPS) is 16.0. The molecular formula is C23H28Cl2FN3O3. The Morgan fingerprint density at radius 1 is 1.22 bits per heavy atom. The van der Waals surface area contributed by atoms with Crippen molar-refractivity contribution in [1.82, 2.24) is 10.2 Å². The predicted molar refractivity (Wildman–Crippen MR) is 125 cm³/mol. The molecule has 0 saturated carbocycles. The number of piperidine rings is 1. The van der Waals surface area contributed by atoms with E-state index in [4.69, 9.17) is 27.9 Å². The zero-order valence-corrected chi connectivity index (χ0v) is 19.4. The highest BCUT2D eigenvalue weighted by atomic mass is 35.5. The second-order valence-electron chi connectivity index (χ2n) is 7.99. The number of hydrogen-bond acceptors (Lipinski definition) is 5. The van der Waals surface area contributed by atoms with Crippen molar-refractivity contribution < 1.29 is 19.0 Å². The second kappa shape index (κ2) is 11.8. The molecule has 1 amide bonds. The van der Waals surface area contributed by atoms with Crippen LogP contribution in [-0.4, -0.2) is 54.3 Å². The first-order valence-electron chi connectivity index (χ1n) is 10.6. The van der Waals surface area contributed by atoms with Crippen LogP contribution in [0.4, 0.5) is 10.1 Å². The van der Waals surface area contributed by atoms with Gasteiger partial charge in [0, 0.05) is 32.1 Å². The lowest BCUT2D eigenvalue weighted by Gasteiger charge is -2.33. The van der Waals surface area contributed by atoms with Crippen LogP contribution in [0.2, 0.25) is 10.0 Å². The van der Waals surface area contributed by atoms with Crippen molar-refractivity contribution in [2.75, 3.05) is 31.6 Å². The third-order valence-electron chi connectivity index (χ3n) is 5.31. The van der Waals surface area contributed by atoms with E-state index in [-0.39, 0.29) is 18.3 Å². The lowest BCUT2D eigenvalue weighted by molar-refractivity contribution is -0.114. The number of likely N-dealkylation sites (tertiary alicyclic amines) is 1. The fraction of sp³-hybridized carbons (Fsp3) is 0.435. The van der Waals surface area contributed by atoms with Crippen LogP contribution in [0.3, 0.4) is 0 Å². The van der Waals surface area contributed by atoms with Crippen molar-refractivity contribution in [3.05, 3.63) is 57.8 Å². The Labute approximate surface area is 197 Å². The van der Waals surface area contributed by atoms with Crippen molar-refractivity contribution in [2.45, 2.75) is 38.5 Å². The molecule has 1 aliphatic rings. The van der Waals surface area contributed by atoms with E-state index in [9.17, 15) is 14.3 Å². The van der Waals surface area contributed by atoms with Crippen LogP contribution in [0.5, 0.6) is 5.75 Å². The zero-order chi connectivity index (χ0) is 23.1. The maximum absolute atomic E-state index is 13.5. The number of ether oxygens (including phenoxy) is 1. The molecule has 1 atom stereocenters. The molecule has 174 valence electrons. The third kappa shape index (κ3) is 7.60. The molecule has 0 aliphatic carbocycles. The van der Waals surface area contributed by atoms with E-state index in [1.165, 1.54) is 25.1 Å². The molecule has 6 nitrogen and oxygen atoms in total. The SMILES string of the molecule is CC(=O)Nc1ccc(F)cc1OCC(O)CNC1CCN(Cc2ccc(Cl)c(Cl)c2)CC1. The van der Waals surface area contributed by atoms with E-state index in [0.29, 0.717) is 28.3 Å². The summed E-state index contributed by atoms with van der Waals surface area (Å²) in [6, 6.07) is 9.88. The molecule has 1 heterocycles. The van der Waals surface area contributed by atoms with Crippen molar-refractivity contribution >= 4 is 34.8 Å². The van der Waals surface area contributed by atoms with E-state index < -0.39 is 11.9 Å². The number of carbonyl (C=O) groups is 1. The first-order valence-corrected chi connectivity index (χ1v) is 11.3. The minimum Gasteiger partial charge on any atom is -0.489 e. The van der Waals surface area contributed by atoms with Crippen LogP contribution in [0, 0.1) is 5.82 Å². The summed E-state index contributed by atoms with van der Waals surface area (Å²) in [5.41, 5.74) is 1.50. The number of hydrogen-bond donors (Lipinski definition) is 3. The lowest BCUT2D eigenvalue weighted by atomic mass is 10.0. The van der Waals surface area contributed by atoms with Gasteiger partial charge in [0.2, 0.25) is 5.91 Å². The summed E-state index contributed by atoms with van der Waals surface area (Å²) in [7, 11) is 0. The van der Waals surface area contributed by atoms with E-state index in [0.717, 1.165) is 38.0 Å². The Morgan fingerprint density at radius 2 is 1.97 bits per heavy atom. The number of benzene rings is 2. The molecule has 0 radical (unpaired) electrons. The Morgan fingerprint density at radius 3 is 2.66 bits per heavy atom. The number of aliphatic hydroxyl groups is 1. The predicted octanol–water partition coefficient (Wildman–Crippen LogP) is 4.08. The standard InChI is InChI=1S/C23H28Cl2FN3O3/c1-15(30)28-22-5-3-17(26)11-23(22)32-14-19(31)12-27-18-6-8-29(9-7-18)13-16-2-4-20(24)21(25)10-16/h2-5,10-11,18-19,27,31H,6-9,12-14H2,1H3,(H,28,30). The van der Waals surface area contributed by atoms with Crippen LogP contribution in [0.1, 0.15) is 25.3 Å². The van der Waals surface area contributed by atoms with E-state index in [1.807, 2.05) is 18.2 Å². The first kappa shape index (κ1) is 24.7. The summed E-state index contributed by atoms with van der Waals surface area (Å²) in [5.74, 6) is -0.571. The van der Waals surface area contributed by atoms with Gasteiger partial charge in [-0.25, -0.2) is 4.39 Å². The van der Waals surface area contributed by atoms with Crippen LogP contribution in [0.15, 0.2) is 36.4 Å². The van der Waals surface area contributed by atoms with Gasteiger partial charge in [-0.05, 0) is 55.8 Å². The molecule has 3 rings (SSSR count). The summed E-state index contributed by atoms with van der Waals surface area (Å²) in [5, 5.41) is 17.4. The van der Waals surface area contributed by atoms with Gasteiger partial charge in [-0.15, -0.1) is 0 Å². The van der Waals surface area contributed by atoms with E-state index in [1.54, 1.807) is 0 Å². The first-order chi connectivity index (χ1) is 15.3. The summed E-state index contributed by atoms with van der Waals surface area (Å²) in [6.07, 6.45) is 1.16. The number of nitrogens with zero attached hydrogens (tertiary/aromatic N) is 1. The molecule has 32 heavy (non-hydrogen) atoms. The van der Waals surface area contributed by atoms with Gasteiger partial charge in [0.1, 0.15) is 24.3 Å². The van der Waals surface area contributed by atoms with Crippen molar-refractivity contribution in [2.24, 2.45) is 0 Å². The van der Waals surface area contributed by atoms with Gasteiger partial charge in [-0.1, -0.05) is 29.3 Å². The molecule has 9 heteroatoms. The topological polar surface area (TPSA) is 73.8 Å². The fourth-order valence-corrected chi connectivity index (χ4v) is 3.97. The monoisotopic (exact) mass is 483 g/mol. The number of nitrogens with one attached hydrogen (secondary N) is 2. The van der Waals surface area contributed by atoms with Gasteiger partial charge < -0.3 is 20.5 Å². The third-order valence-corrected chi connectivity index (χ3v) is 6.04. The smallest absolute Gasteiger partial charge is 0.221 e. The summed E-state index contributed by atoms with van der Waals surface area (Å²) in [4.78, 5) is 13.7. The van der Waals surface area contributed by atoms with Gasteiger partial charge >= 0.3 is 0 Å². The molecule has 1 fully saturated rings. The van der Waals surface area contributed by atoms with Crippen molar-refractivity contribution in [3.63, 3.8) is 0 Å². The number of amides is 1. The Bertz CT molecular complexity index is 923. The van der Waals surface area contributed by atoms with Gasteiger partial charge in [-0.2, -0.15) is 0 Å². The zero-order valence-electron chi connectivity index (χ0n) is 17.9. The number of halogens is 3. The van der Waals surface area contributed by atoms with E-state index in [2.05, 4.69) is 15.5 Å². The molecular weight excluding hydrogens is 456 g/mol. The molecule has 3 N–H and O–H groups in total. The molecule has 1 aliphatic heterocycles. The number of aliphatic hydroxyl groups excluding tert-OH is 1. The molecule has 0 bridgehead atoms. The summed E-state index contributed by atoms with van der Waals surface area (Å²) in [6.45, 7) is 4.41. The molecule has 2 aromatic carbocycles. The van der Waals surface area contributed by atoms with Gasteiger partial charge in [0.15, 0.2) is 0 Å². The number of anilines is 1. The fourth-order valence-electron chi connectivity index (χ4n) is 3.65. The highest BCUT2D eigenvalue weighted by Gasteiger charge is 2.20. The Hall–Kier alpha value is -1.90. The average molecular weight is 484 g/mol. The number of carbonyl (C=O) groups excluding carboxylic acids is 1. The summed E-state index contributed by atoms with van der Waals surface area (Å²) >= 11 is 12.1. The summed E-state index contributed by atoms with van der Waals surface area (Å²) < 4.78 is 19.1. The van der Waals surface area contributed by atoms with Crippen molar-refractivity contribution in [1.29, 1.82) is 0 Å². The lowest BCUT2D eigenvalue weighted by Crippen LogP contribution is -2.45. The van der Waals surface area contributed by atoms with Gasteiger partial charge in [0.25, 0.3) is 0 Å². The molecule has 1 unspecified atom stereocenters. The Balaban J connectivity index is 1.39. The van der Waals surface area contributed by atoms with Crippen LogP contribution < -0.4 is 15.4 Å². The number of rotatable bonds is 9. The molecule has 0 spiro atoms. The quantitative estimate of drug-likeness (QED) is 0.500. The van der Waals surface area contributed by atoms with Crippen LogP contribution in [0.25, 0.3) is 0 Å². The minimum atomic E-state index is -0.766. The highest BCUT2D eigenvalue weighted by Crippen LogP contribution is 2.26. The highest BCUT2D eigenvalue weighted by molar-refractivity contribution is 6.42. The molecule has 1 saturated heterocycles. The second-order valence-corrected chi connectivity index (χ2v) is 8.81. The minimum absolute atomic E-state index is 0.0147. The maximum Gasteiger partial charge on any atom is 0.221 e. The average Bonchev–Trinajstić information content (AvgIpc) is 2.75. The molecule has 0 aromatic heterocycles. The van der Waals surface area contributed by atoms with E-state index >= 15 is 0 Å². The van der Waals surface area contributed by atoms with Gasteiger partial charge in [0.05, 0.1) is 15.7 Å². The van der Waals surface area contributed by atoms with Crippen molar-refractivity contribution in [3.8, 4) is 5.75 Å². The maximum atomic E-state index is 13.5. The Kier molecular flexibility index (Phi) is 9.13. The van der Waals surface area contributed by atoms with Crippen LogP contribution >= 0.6 is 23.2 Å².